The molecular formula is C24H24N2O4. The Bertz CT molecular complexity index is 964. The van der Waals surface area contributed by atoms with Crippen LogP contribution in [0.3, 0.4) is 0 Å². The van der Waals surface area contributed by atoms with Gasteiger partial charge in [0.1, 0.15) is 0 Å². The van der Waals surface area contributed by atoms with Gasteiger partial charge in [-0.05, 0) is 67.7 Å². The van der Waals surface area contributed by atoms with Gasteiger partial charge in [0.25, 0.3) is 0 Å². The lowest BCUT2D eigenvalue weighted by molar-refractivity contribution is -0.124. The van der Waals surface area contributed by atoms with E-state index in [0.717, 1.165) is 19.3 Å². The Morgan fingerprint density at radius 3 is 1.77 bits per heavy atom. The summed E-state index contributed by atoms with van der Waals surface area (Å²) in [6, 6.07) is 6.75. The molecule has 2 saturated heterocycles. The number of benzene rings is 1. The Morgan fingerprint density at radius 1 is 0.733 bits per heavy atom. The minimum Gasteiger partial charge on any atom is -0.274 e. The van der Waals surface area contributed by atoms with Gasteiger partial charge in [0.05, 0.1) is 35.0 Å². The van der Waals surface area contributed by atoms with Gasteiger partial charge in [-0.2, -0.15) is 0 Å². The van der Waals surface area contributed by atoms with Gasteiger partial charge in [-0.1, -0.05) is 19.1 Å². The smallest absolute Gasteiger partial charge is 0.238 e. The van der Waals surface area contributed by atoms with Crippen LogP contribution >= 0.6 is 0 Å². The molecule has 4 fully saturated rings. The van der Waals surface area contributed by atoms with E-state index in [9.17, 15) is 19.2 Å². The predicted molar refractivity (Wildman–Crippen MR) is 109 cm³/mol. The highest BCUT2D eigenvalue weighted by atomic mass is 16.2. The van der Waals surface area contributed by atoms with Gasteiger partial charge in [0.2, 0.25) is 23.6 Å². The number of hydrogen-bond acceptors (Lipinski definition) is 4. The van der Waals surface area contributed by atoms with Gasteiger partial charge < -0.3 is 0 Å². The number of fused-ring (bicyclic) bond motifs is 6. The first kappa shape index (κ1) is 18.0. The van der Waals surface area contributed by atoms with Gasteiger partial charge in [-0.25, -0.2) is 0 Å². The van der Waals surface area contributed by atoms with Crippen molar-refractivity contribution in [2.45, 2.75) is 32.6 Å². The normalized spacial score (nSPS) is 39.3. The fourth-order valence-electron chi connectivity index (χ4n) is 6.82. The third kappa shape index (κ3) is 2.19. The standard InChI is InChI=1S/C24H24N2O4/c1-12-3-2-4-17-18(12)22(28)25(21(17)27)15-7-9-16(10-8-15)26-23(29)19-13-5-6-14(11-13)20(19)24(26)30/h2-3,7-10,12-14,17-20H,4-6,11H2,1H3/t12-,13-,14+,17+,18-,19-,20+/m1/s1. The molecule has 7 atom stereocenters. The SMILES string of the molecule is C[C@@H]1C=CC[C@@H]2C(=O)N(c3ccc(N4C(=O)[C@@H]5[C@@H]6CC[C@@H](C6)[C@@H]5C4=O)cc3)C(=O)[C@H]12. The lowest BCUT2D eigenvalue weighted by Crippen LogP contribution is -2.33. The molecule has 1 aromatic rings. The van der Waals surface area contributed by atoms with Crippen molar-refractivity contribution in [2.75, 3.05) is 9.80 Å². The van der Waals surface area contributed by atoms with Crippen LogP contribution in [0.4, 0.5) is 11.4 Å². The van der Waals surface area contributed by atoms with E-state index >= 15 is 0 Å². The van der Waals surface area contributed by atoms with E-state index in [4.69, 9.17) is 0 Å². The summed E-state index contributed by atoms with van der Waals surface area (Å²) in [5, 5.41) is 0. The molecule has 2 bridgehead atoms. The maximum absolute atomic E-state index is 13.0. The molecule has 30 heavy (non-hydrogen) atoms. The number of amides is 4. The fraction of sp³-hybridized carbons (Fsp3) is 0.500. The molecule has 0 radical (unpaired) electrons. The zero-order valence-corrected chi connectivity index (χ0v) is 16.9. The van der Waals surface area contributed by atoms with Gasteiger partial charge >= 0.3 is 0 Å². The zero-order valence-electron chi connectivity index (χ0n) is 16.9. The van der Waals surface area contributed by atoms with Crippen LogP contribution in [-0.4, -0.2) is 23.6 Å². The number of carbonyl (C=O) groups excluding carboxylic acids is 4. The van der Waals surface area contributed by atoms with E-state index in [1.165, 1.54) is 9.80 Å². The third-order valence-corrected chi connectivity index (χ3v) is 8.17. The number of nitrogens with zero attached hydrogens (tertiary/aromatic N) is 2. The number of carbonyl (C=O) groups is 4. The average molecular weight is 404 g/mol. The van der Waals surface area contributed by atoms with E-state index in [0.29, 0.717) is 29.6 Å². The summed E-state index contributed by atoms with van der Waals surface area (Å²) in [6.07, 6.45) is 7.69. The second kappa shape index (κ2) is 6.13. The molecule has 0 unspecified atom stereocenters. The van der Waals surface area contributed by atoms with Crippen molar-refractivity contribution >= 4 is 35.0 Å². The molecule has 5 aliphatic rings. The van der Waals surface area contributed by atoms with Crippen LogP contribution < -0.4 is 9.80 Å². The van der Waals surface area contributed by atoms with Gasteiger partial charge in [-0.15, -0.1) is 0 Å². The molecule has 2 saturated carbocycles. The summed E-state index contributed by atoms with van der Waals surface area (Å²) in [4.78, 5) is 54.5. The molecule has 154 valence electrons. The minimum absolute atomic E-state index is 0.0408. The van der Waals surface area contributed by atoms with Crippen molar-refractivity contribution in [2.24, 2.45) is 41.4 Å². The van der Waals surface area contributed by atoms with E-state index in [1.807, 2.05) is 19.1 Å². The third-order valence-electron chi connectivity index (χ3n) is 8.17. The maximum atomic E-state index is 13.0. The Labute approximate surface area is 174 Å². The summed E-state index contributed by atoms with van der Waals surface area (Å²) in [6.45, 7) is 1.97. The van der Waals surface area contributed by atoms with E-state index in [1.54, 1.807) is 24.3 Å². The van der Waals surface area contributed by atoms with E-state index < -0.39 is 0 Å². The molecule has 0 aromatic heterocycles. The second-order valence-electron chi connectivity index (χ2n) is 9.58. The number of rotatable bonds is 2. The van der Waals surface area contributed by atoms with Crippen LogP contribution in [0.5, 0.6) is 0 Å². The molecule has 1 aromatic carbocycles. The van der Waals surface area contributed by atoms with Crippen molar-refractivity contribution in [3.63, 3.8) is 0 Å². The first-order valence-electron chi connectivity index (χ1n) is 11.0. The van der Waals surface area contributed by atoms with Crippen LogP contribution in [0.15, 0.2) is 36.4 Å². The first-order valence-corrected chi connectivity index (χ1v) is 11.0. The molecule has 3 aliphatic carbocycles. The quantitative estimate of drug-likeness (QED) is 0.561. The summed E-state index contributed by atoms with van der Waals surface area (Å²) >= 11 is 0. The summed E-state index contributed by atoms with van der Waals surface area (Å²) in [5.41, 5.74) is 1.05. The topological polar surface area (TPSA) is 74.8 Å². The van der Waals surface area contributed by atoms with Crippen LogP contribution in [0.1, 0.15) is 32.6 Å². The van der Waals surface area contributed by atoms with E-state index in [2.05, 4.69) is 0 Å². The monoisotopic (exact) mass is 404 g/mol. The minimum atomic E-state index is -0.307. The summed E-state index contributed by atoms with van der Waals surface area (Å²) < 4.78 is 0. The van der Waals surface area contributed by atoms with Crippen molar-refractivity contribution in [3.05, 3.63) is 36.4 Å². The molecule has 6 rings (SSSR count). The van der Waals surface area contributed by atoms with Crippen molar-refractivity contribution in [3.8, 4) is 0 Å². The van der Waals surface area contributed by atoms with Gasteiger partial charge in [0.15, 0.2) is 0 Å². The second-order valence-corrected chi connectivity index (χ2v) is 9.58. The van der Waals surface area contributed by atoms with Crippen molar-refractivity contribution < 1.29 is 19.2 Å². The van der Waals surface area contributed by atoms with Crippen LogP contribution in [-0.2, 0) is 19.2 Å². The summed E-state index contributed by atoms with van der Waals surface area (Å²) in [7, 11) is 0. The van der Waals surface area contributed by atoms with Crippen LogP contribution in [0.2, 0.25) is 0 Å². The lowest BCUT2D eigenvalue weighted by Gasteiger charge is -2.22. The molecular weight excluding hydrogens is 380 g/mol. The van der Waals surface area contributed by atoms with Crippen molar-refractivity contribution in [1.82, 2.24) is 0 Å². The van der Waals surface area contributed by atoms with Crippen LogP contribution in [0.25, 0.3) is 0 Å². The fourth-order valence-corrected chi connectivity index (χ4v) is 6.82. The van der Waals surface area contributed by atoms with E-state index in [-0.39, 0.29) is 53.2 Å². The molecule has 6 heteroatoms. The highest BCUT2D eigenvalue weighted by Crippen LogP contribution is 2.56. The Morgan fingerprint density at radius 2 is 1.23 bits per heavy atom. The maximum Gasteiger partial charge on any atom is 0.238 e. The van der Waals surface area contributed by atoms with Gasteiger partial charge in [-0.3, -0.25) is 29.0 Å². The number of imide groups is 2. The lowest BCUT2D eigenvalue weighted by atomic mass is 9.78. The predicted octanol–water partition coefficient (Wildman–Crippen LogP) is 2.92. The largest absolute Gasteiger partial charge is 0.274 e. The number of hydrogen-bond donors (Lipinski definition) is 0. The zero-order chi connectivity index (χ0) is 20.7. The summed E-state index contributed by atoms with van der Waals surface area (Å²) in [5.74, 6) is -0.661. The van der Waals surface area contributed by atoms with Gasteiger partial charge in [0, 0.05) is 0 Å². The van der Waals surface area contributed by atoms with Crippen molar-refractivity contribution in [1.29, 1.82) is 0 Å². The molecule has 0 N–H and O–H groups in total. The Balaban J connectivity index is 1.28. The highest BCUT2D eigenvalue weighted by molar-refractivity contribution is 6.24. The molecule has 6 nitrogen and oxygen atoms in total. The first-order chi connectivity index (χ1) is 14.5. The number of allylic oxidation sites excluding steroid dienone is 2. The van der Waals surface area contributed by atoms with Crippen LogP contribution in [0, 0.1) is 41.4 Å². The number of anilines is 2. The molecule has 0 spiro atoms. The average Bonchev–Trinajstić information content (AvgIpc) is 3.47. The highest BCUT2D eigenvalue weighted by Gasteiger charge is 2.61. The molecule has 2 aliphatic heterocycles. The Kier molecular flexibility index (Phi) is 3.68. The molecule has 2 heterocycles. The Hall–Kier alpha value is -2.76. The molecule has 4 amide bonds.